The van der Waals surface area contributed by atoms with E-state index in [2.05, 4.69) is 49.9 Å². The van der Waals surface area contributed by atoms with E-state index in [-0.39, 0.29) is 6.04 Å². The van der Waals surface area contributed by atoms with Gasteiger partial charge in [-0.1, -0.05) is 25.1 Å². The fourth-order valence-electron chi connectivity index (χ4n) is 2.76. The van der Waals surface area contributed by atoms with Gasteiger partial charge in [0.15, 0.2) is 0 Å². The zero-order valence-corrected chi connectivity index (χ0v) is 11.2. The first kappa shape index (κ1) is 12.4. The van der Waals surface area contributed by atoms with E-state index in [4.69, 9.17) is 5.73 Å². The smallest absolute Gasteiger partial charge is 0.0417 e. The Morgan fingerprint density at radius 3 is 2.65 bits per heavy atom. The summed E-state index contributed by atoms with van der Waals surface area (Å²) in [5.74, 6) is 0.785. The molecule has 1 aromatic carbocycles. The minimum Gasteiger partial charge on any atom is -0.368 e. The summed E-state index contributed by atoms with van der Waals surface area (Å²) in [6.07, 6.45) is 2.63. The van der Waals surface area contributed by atoms with Crippen molar-refractivity contribution in [1.82, 2.24) is 0 Å². The van der Waals surface area contributed by atoms with Gasteiger partial charge in [-0.3, -0.25) is 0 Å². The van der Waals surface area contributed by atoms with Crippen LogP contribution >= 0.6 is 0 Å². The molecule has 0 spiro atoms. The first-order valence-corrected chi connectivity index (χ1v) is 6.70. The van der Waals surface area contributed by atoms with Gasteiger partial charge in [0.1, 0.15) is 0 Å². The number of benzene rings is 1. The van der Waals surface area contributed by atoms with Gasteiger partial charge in [0.25, 0.3) is 0 Å². The van der Waals surface area contributed by atoms with Gasteiger partial charge < -0.3 is 10.6 Å². The van der Waals surface area contributed by atoms with Crippen molar-refractivity contribution in [2.75, 3.05) is 11.4 Å². The summed E-state index contributed by atoms with van der Waals surface area (Å²) in [6.45, 7) is 7.89. The molecule has 0 saturated carbocycles. The maximum atomic E-state index is 6.07. The normalized spacial score (nSPS) is 26.9. The van der Waals surface area contributed by atoms with Gasteiger partial charge in [-0.25, -0.2) is 0 Å². The molecule has 94 valence electrons. The summed E-state index contributed by atoms with van der Waals surface area (Å²) in [4.78, 5) is 2.53. The van der Waals surface area contributed by atoms with Crippen LogP contribution in [0.4, 0.5) is 5.69 Å². The molecule has 0 amide bonds. The van der Waals surface area contributed by atoms with Crippen molar-refractivity contribution in [2.45, 2.75) is 45.7 Å². The maximum Gasteiger partial charge on any atom is 0.0417 e. The highest BCUT2D eigenvalue weighted by molar-refractivity contribution is 5.55. The van der Waals surface area contributed by atoms with Crippen molar-refractivity contribution < 1.29 is 0 Å². The molecule has 2 nitrogen and oxygen atoms in total. The molecule has 17 heavy (non-hydrogen) atoms. The van der Waals surface area contributed by atoms with Crippen molar-refractivity contribution >= 4 is 5.69 Å². The van der Waals surface area contributed by atoms with Crippen molar-refractivity contribution in [3.63, 3.8) is 0 Å². The van der Waals surface area contributed by atoms with Gasteiger partial charge in [0, 0.05) is 24.3 Å². The molecule has 1 aromatic rings. The van der Waals surface area contributed by atoms with Gasteiger partial charge in [-0.05, 0) is 44.2 Å². The second-order valence-corrected chi connectivity index (χ2v) is 5.53. The van der Waals surface area contributed by atoms with E-state index in [1.807, 2.05) is 0 Å². The Balaban J connectivity index is 2.31. The summed E-state index contributed by atoms with van der Waals surface area (Å²) in [6, 6.07) is 9.31. The molecular formula is C15H24N2. The highest BCUT2D eigenvalue weighted by Gasteiger charge is 2.24. The quantitative estimate of drug-likeness (QED) is 0.847. The van der Waals surface area contributed by atoms with Crippen LogP contribution in [0, 0.1) is 5.92 Å². The molecule has 0 bridgehead atoms. The van der Waals surface area contributed by atoms with Crippen LogP contribution in [0.3, 0.4) is 0 Å². The Kier molecular flexibility index (Phi) is 3.72. The van der Waals surface area contributed by atoms with Crippen LogP contribution in [0.15, 0.2) is 24.3 Å². The monoisotopic (exact) mass is 232 g/mol. The zero-order valence-electron chi connectivity index (χ0n) is 11.2. The van der Waals surface area contributed by atoms with Gasteiger partial charge in [0.05, 0.1) is 0 Å². The lowest BCUT2D eigenvalue weighted by Crippen LogP contribution is -2.41. The Bertz CT molecular complexity index is 373. The number of anilines is 1. The molecular weight excluding hydrogens is 208 g/mol. The lowest BCUT2D eigenvalue weighted by atomic mass is 9.93. The molecule has 2 heteroatoms. The predicted molar refractivity (Wildman–Crippen MR) is 74.3 cm³/mol. The van der Waals surface area contributed by atoms with Crippen LogP contribution in [0.5, 0.6) is 0 Å². The SMILES string of the molecule is CC1CCC(C)N(c2ccccc2C(C)N)C1. The molecule has 1 aliphatic rings. The highest BCUT2D eigenvalue weighted by atomic mass is 15.2. The third kappa shape index (κ3) is 2.63. The molecule has 1 saturated heterocycles. The van der Waals surface area contributed by atoms with Crippen LogP contribution in [0.1, 0.15) is 45.2 Å². The Morgan fingerprint density at radius 2 is 1.94 bits per heavy atom. The number of hydrogen-bond acceptors (Lipinski definition) is 2. The average Bonchev–Trinajstić information content (AvgIpc) is 2.32. The van der Waals surface area contributed by atoms with Gasteiger partial charge in [-0.15, -0.1) is 0 Å². The van der Waals surface area contributed by atoms with E-state index in [9.17, 15) is 0 Å². The van der Waals surface area contributed by atoms with E-state index < -0.39 is 0 Å². The molecule has 3 unspecified atom stereocenters. The fourth-order valence-corrected chi connectivity index (χ4v) is 2.76. The van der Waals surface area contributed by atoms with Crippen LogP contribution in [0.25, 0.3) is 0 Å². The van der Waals surface area contributed by atoms with Crippen molar-refractivity contribution in [3.8, 4) is 0 Å². The predicted octanol–water partition coefficient (Wildman–Crippen LogP) is 3.33. The minimum absolute atomic E-state index is 0.107. The zero-order chi connectivity index (χ0) is 12.4. The number of hydrogen-bond donors (Lipinski definition) is 1. The Labute approximate surface area is 105 Å². The number of nitrogens with two attached hydrogens (primary N) is 1. The van der Waals surface area contributed by atoms with E-state index in [1.54, 1.807) is 0 Å². The second-order valence-electron chi connectivity index (χ2n) is 5.53. The van der Waals surface area contributed by atoms with Crippen LogP contribution in [-0.4, -0.2) is 12.6 Å². The summed E-state index contributed by atoms with van der Waals surface area (Å²) < 4.78 is 0. The third-order valence-electron chi connectivity index (χ3n) is 3.85. The second kappa shape index (κ2) is 5.09. The van der Waals surface area contributed by atoms with Gasteiger partial charge in [-0.2, -0.15) is 0 Å². The number of rotatable bonds is 2. The highest BCUT2D eigenvalue weighted by Crippen LogP contribution is 2.31. The average molecular weight is 232 g/mol. The Hall–Kier alpha value is -1.02. The lowest BCUT2D eigenvalue weighted by Gasteiger charge is -2.40. The standard InChI is InChI=1S/C15H24N2/c1-11-8-9-12(2)17(10-11)15-7-5-4-6-14(15)13(3)16/h4-7,11-13H,8-10,16H2,1-3H3. The van der Waals surface area contributed by atoms with E-state index in [1.165, 1.54) is 24.1 Å². The van der Waals surface area contributed by atoms with Crippen molar-refractivity contribution in [2.24, 2.45) is 11.7 Å². The minimum atomic E-state index is 0.107. The number of piperidine rings is 1. The maximum absolute atomic E-state index is 6.07. The molecule has 2 rings (SSSR count). The summed E-state index contributed by atoms with van der Waals surface area (Å²) in [7, 11) is 0. The van der Waals surface area contributed by atoms with Crippen LogP contribution in [0.2, 0.25) is 0 Å². The molecule has 1 aliphatic heterocycles. The third-order valence-corrected chi connectivity index (χ3v) is 3.85. The largest absolute Gasteiger partial charge is 0.368 e. The first-order valence-electron chi connectivity index (χ1n) is 6.70. The van der Waals surface area contributed by atoms with Gasteiger partial charge in [0.2, 0.25) is 0 Å². The summed E-state index contributed by atoms with van der Waals surface area (Å²) >= 11 is 0. The molecule has 1 heterocycles. The molecule has 3 atom stereocenters. The number of nitrogens with zero attached hydrogens (tertiary/aromatic N) is 1. The van der Waals surface area contributed by atoms with Crippen LogP contribution in [-0.2, 0) is 0 Å². The van der Waals surface area contributed by atoms with Gasteiger partial charge >= 0.3 is 0 Å². The molecule has 0 aromatic heterocycles. The molecule has 0 radical (unpaired) electrons. The fraction of sp³-hybridized carbons (Fsp3) is 0.600. The lowest BCUT2D eigenvalue weighted by molar-refractivity contribution is 0.389. The molecule has 0 aliphatic carbocycles. The van der Waals surface area contributed by atoms with E-state index in [0.717, 1.165) is 12.5 Å². The molecule has 1 fully saturated rings. The first-order chi connectivity index (χ1) is 8.09. The van der Waals surface area contributed by atoms with Crippen molar-refractivity contribution in [1.29, 1.82) is 0 Å². The Morgan fingerprint density at radius 1 is 1.24 bits per heavy atom. The summed E-state index contributed by atoms with van der Waals surface area (Å²) in [5.41, 5.74) is 8.68. The van der Waals surface area contributed by atoms with Crippen molar-refractivity contribution in [3.05, 3.63) is 29.8 Å². The van der Waals surface area contributed by atoms with E-state index >= 15 is 0 Å². The number of para-hydroxylation sites is 1. The molecule has 2 N–H and O–H groups in total. The van der Waals surface area contributed by atoms with E-state index in [0.29, 0.717) is 6.04 Å². The topological polar surface area (TPSA) is 29.3 Å². The summed E-state index contributed by atoms with van der Waals surface area (Å²) in [5, 5.41) is 0. The van der Waals surface area contributed by atoms with Crippen LogP contribution < -0.4 is 10.6 Å².